The van der Waals surface area contributed by atoms with Gasteiger partial charge >= 0.3 is 0 Å². The molecule has 0 aliphatic heterocycles. The van der Waals surface area contributed by atoms with Crippen molar-refractivity contribution in [3.05, 3.63) is 45.8 Å². The number of aromatic amines is 1. The first-order valence-corrected chi connectivity index (χ1v) is 6.32. The Balaban J connectivity index is 2.02. The van der Waals surface area contributed by atoms with E-state index < -0.39 is 0 Å². The fraction of sp³-hybridized carbons (Fsp3) is 0.182. The van der Waals surface area contributed by atoms with Gasteiger partial charge in [-0.15, -0.1) is 11.3 Å². The maximum atomic E-state index is 11.8. The van der Waals surface area contributed by atoms with E-state index in [4.69, 9.17) is 5.73 Å². The molecule has 0 aliphatic carbocycles. The zero-order valence-corrected chi connectivity index (χ0v) is 10.3. The van der Waals surface area contributed by atoms with Crippen molar-refractivity contribution in [2.75, 3.05) is 0 Å². The topological polar surface area (TPSA) is 89.6 Å². The highest BCUT2D eigenvalue weighted by Gasteiger charge is 2.07. The lowest BCUT2D eigenvalue weighted by molar-refractivity contribution is 0.692. The van der Waals surface area contributed by atoms with Crippen LogP contribution in [0, 0.1) is 0 Å². The van der Waals surface area contributed by atoms with E-state index >= 15 is 0 Å². The Morgan fingerprint density at radius 2 is 2.39 bits per heavy atom. The molecule has 0 aliphatic rings. The van der Waals surface area contributed by atoms with Gasteiger partial charge in [0.1, 0.15) is 16.3 Å². The highest BCUT2D eigenvalue weighted by atomic mass is 32.1. The number of hydrogen-bond donors (Lipinski definition) is 2. The lowest BCUT2D eigenvalue weighted by Crippen LogP contribution is -2.15. The van der Waals surface area contributed by atoms with Gasteiger partial charge in [0.25, 0.3) is 5.56 Å². The van der Waals surface area contributed by atoms with Gasteiger partial charge in [0.15, 0.2) is 0 Å². The number of thiophene rings is 1. The highest BCUT2D eigenvalue weighted by Crippen LogP contribution is 2.14. The summed E-state index contributed by atoms with van der Waals surface area (Å²) in [5, 5.41) is 1.86. The van der Waals surface area contributed by atoms with Crippen LogP contribution < -0.4 is 11.3 Å². The number of imidazole rings is 1. The van der Waals surface area contributed by atoms with Crippen molar-refractivity contribution >= 4 is 21.6 Å². The quantitative estimate of drug-likeness (QED) is 0.725. The molecule has 3 aromatic heterocycles. The molecule has 0 aromatic carbocycles. The fourth-order valence-corrected chi connectivity index (χ4v) is 2.56. The van der Waals surface area contributed by atoms with E-state index in [0.29, 0.717) is 23.6 Å². The van der Waals surface area contributed by atoms with Gasteiger partial charge in [0.05, 0.1) is 18.6 Å². The number of nitrogens with zero attached hydrogens (tertiary/aromatic N) is 3. The number of fused-ring (bicyclic) bond motifs is 1. The maximum Gasteiger partial charge on any atom is 0.268 e. The summed E-state index contributed by atoms with van der Waals surface area (Å²) in [4.78, 5) is 23.1. The zero-order chi connectivity index (χ0) is 12.5. The minimum Gasteiger partial charge on any atom is -0.326 e. The molecular weight excluding hydrogens is 250 g/mol. The lowest BCUT2D eigenvalue weighted by Gasteiger charge is -2.05. The standard InChI is InChI=1S/C11H11N5OS/c12-5-9-13-2-3-16(9)6-8-14-7-1-4-18-10(7)11(17)15-8/h1-4H,5-6,12H2,(H,14,15,17). The molecule has 0 saturated carbocycles. The lowest BCUT2D eigenvalue weighted by atomic mass is 10.4. The van der Waals surface area contributed by atoms with E-state index in [1.165, 1.54) is 11.3 Å². The molecule has 18 heavy (non-hydrogen) atoms. The maximum absolute atomic E-state index is 11.8. The monoisotopic (exact) mass is 261 g/mol. The summed E-state index contributed by atoms with van der Waals surface area (Å²) in [6.07, 6.45) is 3.50. The van der Waals surface area contributed by atoms with Crippen LogP contribution in [0.25, 0.3) is 10.2 Å². The molecule has 3 aromatic rings. The summed E-state index contributed by atoms with van der Waals surface area (Å²) in [5.74, 6) is 1.38. The van der Waals surface area contributed by atoms with Crippen molar-refractivity contribution in [2.45, 2.75) is 13.1 Å². The molecule has 0 amide bonds. The molecule has 0 bridgehead atoms. The summed E-state index contributed by atoms with van der Waals surface area (Å²) in [6, 6.07) is 1.84. The number of H-pyrrole nitrogens is 1. The molecule has 0 fully saturated rings. The SMILES string of the molecule is NCc1nccn1Cc1nc2ccsc2c(=O)[nH]1. The Hall–Kier alpha value is -1.99. The van der Waals surface area contributed by atoms with Crippen molar-refractivity contribution in [3.63, 3.8) is 0 Å². The van der Waals surface area contributed by atoms with Gasteiger partial charge in [-0.2, -0.15) is 0 Å². The van der Waals surface area contributed by atoms with Crippen LogP contribution in [-0.2, 0) is 13.1 Å². The average molecular weight is 261 g/mol. The number of nitrogens with two attached hydrogens (primary N) is 1. The molecule has 0 unspecified atom stereocenters. The Labute approximate surface area is 106 Å². The van der Waals surface area contributed by atoms with Gasteiger partial charge in [-0.1, -0.05) is 0 Å². The van der Waals surface area contributed by atoms with Gasteiger partial charge in [-0.3, -0.25) is 4.79 Å². The third kappa shape index (κ3) is 1.83. The van der Waals surface area contributed by atoms with Crippen molar-refractivity contribution in [1.29, 1.82) is 0 Å². The van der Waals surface area contributed by atoms with Crippen LogP contribution in [0.5, 0.6) is 0 Å². The molecule has 6 nitrogen and oxygen atoms in total. The average Bonchev–Trinajstić information content (AvgIpc) is 2.97. The van der Waals surface area contributed by atoms with Gasteiger partial charge in [-0.25, -0.2) is 9.97 Å². The number of aromatic nitrogens is 4. The smallest absolute Gasteiger partial charge is 0.268 e. The minimum atomic E-state index is -0.0978. The summed E-state index contributed by atoms with van der Waals surface area (Å²) in [7, 11) is 0. The van der Waals surface area contributed by atoms with Crippen LogP contribution in [0.1, 0.15) is 11.6 Å². The molecule has 92 valence electrons. The Bertz CT molecular complexity index is 741. The summed E-state index contributed by atoms with van der Waals surface area (Å²) >= 11 is 1.39. The molecule has 0 radical (unpaired) electrons. The van der Waals surface area contributed by atoms with E-state index in [1.54, 1.807) is 6.20 Å². The summed E-state index contributed by atoms with van der Waals surface area (Å²) in [5.41, 5.74) is 6.21. The van der Waals surface area contributed by atoms with Crippen LogP contribution in [-0.4, -0.2) is 19.5 Å². The van der Waals surface area contributed by atoms with E-state index in [0.717, 1.165) is 11.3 Å². The summed E-state index contributed by atoms with van der Waals surface area (Å²) < 4.78 is 2.53. The highest BCUT2D eigenvalue weighted by molar-refractivity contribution is 7.17. The second-order valence-electron chi connectivity index (χ2n) is 3.82. The Kier molecular flexibility index (Phi) is 2.69. The molecule has 3 N–H and O–H groups in total. The van der Waals surface area contributed by atoms with Crippen molar-refractivity contribution in [1.82, 2.24) is 19.5 Å². The molecule has 7 heteroatoms. The van der Waals surface area contributed by atoms with Gasteiger partial charge in [0, 0.05) is 12.4 Å². The first-order valence-electron chi connectivity index (χ1n) is 5.44. The van der Waals surface area contributed by atoms with Crippen molar-refractivity contribution in [3.8, 4) is 0 Å². The molecule has 0 saturated heterocycles. The number of hydrogen-bond acceptors (Lipinski definition) is 5. The Morgan fingerprint density at radius 3 is 3.22 bits per heavy atom. The second-order valence-corrected chi connectivity index (χ2v) is 4.74. The van der Waals surface area contributed by atoms with E-state index in [2.05, 4.69) is 15.0 Å². The van der Waals surface area contributed by atoms with E-state index in [-0.39, 0.29) is 5.56 Å². The second kappa shape index (κ2) is 4.35. The van der Waals surface area contributed by atoms with Crippen LogP contribution >= 0.6 is 11.3 Å². The van der Waals surface area contributed by atoms with Crippen LogP contribution in [0.3, 0.4) is 0 Å². The minimum absolute atomic E-state index is 0.0978. The van der Waals surface area contributed by atoms with Gasteiger partial charge < -0.3 is 15.3 Å². The number of nitrogens with one attached hydrogen (secondary N) is 1. The third-order valence-electron chi connectivity index (χ3n) is 2.67. The molecule has 3 heterocycles. The first-order chi connectivity index (χ1) is 8.78. The first kappa shape index (κ1) is 11.1. The molecule has 3 rings (SSSR count). The largest absolute Gasteiger partial charge is 0.326 e. The summed E-state index contributed by atoms with van der Waals surface area (Å²) in [6.45, 7) is 0.825. The predicted octanol–water partition coefficient (Wildman–Crippen LogP) is 0.688. The number of rotatable bonds is 3. The normalized spacial score (nSPS) is 11.2. The molecular formula is C11H11N5OS. The van der Waals surface area contributed by atoms with Crippen LogP contribution in [0.4, 0.5) is 0 Å². The van der Waals surface area contributed by atoms with E-state index in [1.807, 2.05) is 22.2 Å². The van der Waals surface area contributed by atoms with Crippen LogP contribution in [0.15, 0.2) is 28.6 Å². The van der Waals surface area contributed by atoms with Gasteiger partial charge in [0.2, 0.25) is 0 Å². The van der Waals surface area contributed by atoms with Crippen molar-refractivity contribution < 1.29 is 0 Å². The molecule has 0 spiro atoms. The fourth-order valence-electron chi connectivity index (χ4n) is 1.83. The third-order valence-corrected chi connectivity index (χ3v) is 3.57. The molecule has 0 atom stereocenters. The predicted molar refractivity (Wildman–Crippen MR) is 69.5 cm³/mol. The zero-order valence-electron chi connectivity index (χ0n) is 9.46. The van der Waals surface area contributed by atoms with Crippen LogP contribution in [0.2, 0.25) is 0 Å². The van der Waals surface area contributed by atoms with E-state index in [9.17, 15) is 4.79 Å². The Morgan fingerprint density at radius 1 is 1.50 bits per heavy atom. The van der Waals surface area contributed by atoms with Crippen molar-refractivity contribution in [2.24, 2.45) is 5.73 Å². The van der Waals surface area contributed by atoms with Gasteiger partial charge in [-0.05, 0) is 11.4 Å².